The Morgan fingerprint density at radius 3 is 2.89 bits per heavy atom. The molecule has 0 saturated carbocycles. The Morgan fingerprint density at radius 1 is 1.26 bits per heavy atom. The number of ether oxygens (including phenoxy) is 3. The minimum atomic E-state index is 0.157. The third-order valence-electron chi connectivity index (χ3n) is 3.83. The van der Waals surface area contributed by atoms with Gasteiger partial charge >= 0.3 is 0 Å². The first-order chi connectivity index (χ1) is 9.36. The van der Waals surface area contributed by atoms with Crippen LogP contribution in [0.3, 0.4) is 0 Å². The largest absolute Gasteiger partial charge is 0.493 e. The van der Waals surface area contributed by atoms with Gasteiger partial charge in [-0.05, 0) is 37.1 Å². The molecular weight excluding hydrogens is 242 g/mol. The lowest BCUT2D eigenvalue weighted by molar-refractivity contribution is 0.138. The zero-order chi connectivity index (χ0) is 13.1. The van der Waals surface area contributed by atoms with Gasteiger partial charge in [0.1, 0.15) is 6.10 Å². The van der Waals surface area contributed by atoms with E-state index in [1.54, 1.807) is 7.11 Å². The van der Waals surface area contributed by atoms with Gasteiger partial charge < -0.3 is 19.5 Å². The number of rotatable bonds is 4. The van der Waals surface area contributed by atoms with Crippen molar-refractivity contribution in [1.82, 2.24) is 5.32 Å². The molecule has 4 nitrogen and oxygen atoms in total. The molecule has 2 atom stereocenters. The molecule has 0 aliphatic carbocycles. The van der Waals surface area contributed by atoms with Crippen LogP contribution in [0.15, 0.2) is 18.2 Å². The molecule has 0 spiro atoms. The molecule has 2 heterocycles. The zero-order valence-corrected chi connectivity index (χ0v) is 11.4. The van der Waals surface area contributed by atoms with Crippen LogP contribution >= 0.6 is 0 Å². The Hall–Kier alpha value is -1.26. The summed E-state index contributed by atoms with van der Waals surface area (Å²) in [5.74, 6) is 1.64. The van der Waals surface area contributed by atoms with E-state index in [9.17, 15) is 0 Å². The Kier molecular flexibility index (Phi) is 3.89. The molecule has 4 heteroatoms. The van der Waals surface area contributed by atoms with Crippen molar-refractivity contribution in [3.05, 3.63) is 23.8 Å². The van der Waals surface area contributed by atoms with E-state index in [2.05, 4.69) is 17.4 Å². The fourth-order valence-corrected chi connectivity index (χ4v) is 2.75. The minimum absolute atomic E-state index is 0.157. The van der Waals surface area contributed by atoms with Crippen molar-refractivity contribution in [1.29, 1.82) is 0 Å². The van der Waals surface area contributed by atoms with E-state index < -0.39 is 0 Å². The summed E-state index contributed by atoms with van der Waals surface area (Å²) in [4.78, 5) is 0. The maximum Gasteiger partial charge on any atom is 0.161 e. The van der Waals surface area contributed by atoms with Crippen LogP contribution in [0.5, 0.6) is 11.5 Å². The van der Waals surface area contributed by atoms with Crippen molar-refractivity contribution >= 4 is 0 Å². The van der Waals surface area contributed by atoms with Gasteiger partial charge in [-0.2, -0.15) is 0 Å². The third-order valence-corrected chi connectivity index (χ3v) is 3.83. The van der Waals surface area contributed by atoms with Crippen LogP contribution < -0.4 is 14.8 Å². The highest BCUT2D eigenvalue weighted by Gasteiger charge is 2.21. The molecule has 104 valence electrons. The summed E-state index contributed by atoms with van der Waals surface area (Å²) >= 11 is 0. The number of nitrogens with one attached hydrogen (secondary N) is 1. The van der Waals surface area contributed by atoms with Crippen LogP contribution in [-0.4, -0.2) is 33.0 Å². The number of benzene rings is 1. The zero-order valence-electron chi connectivity index (χ0n) is 11.4. The molecule has 19 heavy (non-hydrogen) atoms. The predicted octanol–water partition coefficient (Wildman–Crippen LogP) is 2.29. The summed E-state index contributed by atoms with van der Waals surface area (Å²) in [6.45, 7) is 2.57. The summed E-state index contributed by atoms with van der Waals surface area (Å²) in [7, 11) is 1.69. The molecular formula is C15H21NO3. The van der Waals surface area contributed by atoms with Crippen molar-refractivity contribution in [3.63, 3.8) is 0 Å². The fraction of sp³-hybridized carbons (Fsp3) is 0.600. The number of hydrogen-bond acceptors (Lipinski definition) is 4. The second-order valence-corrected chi connectivity index (χ2v) is 5.16. The molecule has 0 radical (unpaired) electrons. The summed E-state index contributed by atoms with van der Waals surface area (Å²) in [6, 6.07) is 6.70. The lowest BCUT2D eigenvalue weighted by Gasteiger charge is -2.17. The van der Waals surface area contributed by atoms with Crippen LogP contribution in [0.1, 0.15) is 30.9 Å². The van der Waals surface area contributed by atoms with E-state index in [4.69, 9.17) is 14.2 Å². The Labute approximate surface area is 114 Å². The van der Waals surface area contributed by atoms with Gasteiger partial charge in [0.05, 0.1) is 20.3 Å². The van der Waals surface area contributed by atoms with Gasteiger partial charge in [0.25, 0.3) is 0 Å². The monoisotopic (exact) mass is 263 g/mol. The molecule has 2 fully saturated rings. The maximum atomic E-state index is 5.94. The molecule has 1 N–H and O–H groups in total. The van der Waals surface area contributed by atoms with Crippen molar-refractivity contribution in [2.45, 2.75) is 31.4 Å². The Bertz CT molecular complexity index is 423. The van der Waals surface area contributed by atoms with E-state index >= 15 is 0 Å². The second kappa shape index (κ2) is 5.80. The van der Waals surface area contributed by atoms with E-state index in [0.717, 1.165) is 31.1 Å². The smallest absolute Gasteiger partial charge is 0.161 e. The quantitative estimate of drug-likeness (QED) is 0.904. The topological polar surface area (TPSA) is 39.7 Å². The minimum Gasteiger partial charge on any atom is -0.493 e. The molecule has 2 aliphatic rings. The van der Waals surface area contributed by atoms with Crippen LogP contribution in [0, 0.1) is 0 Å². The molecule has 0 aromatic heterocycles. The number of hydrogen-bond donors (Lipinski definition) is 1. The summed E-state index contributed by atoms with van der Waals surface area (Å²) in [5.41, 5.74) is 1.28. The third kappa shape index (κ3) is 2.85. The van der Waals surface area contributed by atoms with E-state index in [0.29, 0.717) is 12.6 Å². The molecule has 0 amide bonds. The van der Waals surface area contributed by atoms with Crippen molar-refractivity contribution in [2.75, 3.05) is 26.9 Å². The highest BCUT2D eigenvalue weighted by Crippen LogP contribution is 2.34. The van der Waals surface area contributed by atoms with Crippen LogP contribution in [0.2, 0.25) is 0 Å². The second-order valence-electron chi connectivity index (χ2n) is 5.16. The molecule has 2 aliphatic heterocycles. The standard InChI is InChI=1S/C15H21NO3/c1-17-15-9-11(13-3-2-7-16-13)4-5-14(15)19-12-6-8-18-10-12/h4-5,9,12-13,16H,2-3,6-8,10H2,1H3. The van der Waals surface area contributed by atoms with E-state index in [-0.39, 0.29) is 6.10 Å². The van der Waals surface area contributed by atoms with Gasteiger partial charge in [0.2, 0.25) is 0 Å². The van der Waals surface area contributed by atoms with Crippen LogP contribution in [0.4, 0.5) is 0 Å². The highest BCUT2D eigenvalue weighted by molar-refractivity contribution is 5.44. The first-order valence-electron chi connectivity index (χ1n) is 7.02. The van der Waals surface area contributed by atoms with Crippen LogP contribution in [0.25, 0.3) is 0 Å². The van der Waals surface area contributed by atoms with Gasteiger partial charge in [0.15, 0.2) is 11.5 Å². The van der Waals surface area contributed by atoms with Crippen molar-refractivity contribution < 1.29 is 14.2 Å². The molecule has 2 saturated heterocycles. The average Bonchev–Trinajstić information content (AvgIpc) is 3.12. The molecule has 0 bridgehead atoms. The van der Waals surface area contributed by atoms with Gasteiger partial charge in [-0.1, -0.05) is 6.07 Å². The van der Waals surface area contributed by atoms with Crippen molar-refractivity contribution in [3.8, 4) is 11.5 Å². The normalized spacial score (nSPS) is 26.6. The molecule has 1 aromatic rings. The summed E-state index contributed by atoms with van der Waals surface area (Å²) in [5, 5.41) is 3.50. The predicted molar refractivity (Wildman–Crippen MR) is 72.8 cm³/mol. The van der Waals surface area contributed by atoms with E-state index in [1.165, 1.54) is 18.4 Å². The Balaban J connectivity index is 1.76. The maximum absolute atomic E-state index is 5.94. The van der Waals surface area contributed by atoms with Crippen LogP contribution in [-0.2, 0) is 4.74 Å². The lowest BCUT2D eigenvalue weighted by Crippen LogP contribution is -2.17. The first kappa shape index (κ1) is 12.8. The SMILES string of the molecule is COc1cc(C2CCCN2)ccc1OC1CCOC1. The van der Waals surface area contributed by atoms with Gasteiger partial charge in [0, 0.05) is 12.5 Å². The summed E-state index contributed by atoms with van der Waals surface area (Å²) in [6.07, 6.45) is 3.55. The van der Waals surface area contributed by atoms with E-state index in [1.807, 2.05) is 6.07 Å². The fourth-order valence-electron chi connectivity index (χ4n) is 2.75. The van der Waals surface area contributed by atoms with Gasteiger partial charge in [-0.3, -0.25) is 0 Å². The molecule has 2 unspecified atom stereocenters. The number of methoxy groups -OCH3 is 1. The lowest BCUT2D eigenvalue weighted by atomic mass is 10.0. The highest BCUT2D eigenvalue weighted by atomic mass is 16.6. The van der Waals surface area contributed by atoms with Gasteiger partial charge in [-0.25, -0.2) is 0 Å². The Morgan fingerprint density at radius 2 is 2.21 bits per heavy atom. The average molecular weight is 263 g/mol. The molecule has 3 rings (SSSR count). The summed E-state index contributed by atoms with van der Waals surface area (Å²) < 4.78 is 16.7. The molecule has 1 aromatic carbocycles. The van der Waals surface area contributed by atoms with Crippen molar-refractivity contribution in [2.24, 2.45) is 0 Å². The first-order valence-corrected chi connectivity index (χ1v) is 7.02. The van der Waals surface area contributed by atoms with Gasteiger partial charge in [-0.15, -0.1) is 0 Å².